The molecule has 0 aromatic heterocycles. The molecule has 0 unspecified atom stereocenters. The van der Waals surface area contributed by atoms with Crippen LogP contribution in [0.2, 0.25) is 5.02 Å². The lowest BCUT2D eigenvalue weighted by Crippen LogP contribution is -2.75. The van der Waals surface area contributed by atoms with Crippen LogP contribution in [0.1, 0.15) is 12.5 Å². The summed E-state index contributed by atoms with van der Waals surface area (Å²) in [5, 5.41) is 11.2. The van der Waals surface area contributed by atoms with E-state index in [1.165, 1.54) is 6.92 Å². The third-order valence-corrected chi connectivity index (χ3v) is 2.15. The average molecular weight is 200 g/mol. The van der Waals surface area contributed by atoms with E-state index in [-0.39, 0.29) is 0 Å². The number of halogens is 1. The number of carboxylic acids is 1. The van der Waals surface area contributed by atoms with Crippen LogP contribution in [0.4, 0.5) is 0 Å². The minimum absolute atomic E-state index is 0.494. The van der Waals surface area contributed by atoms with Gasteiger partial charge in [-0.1, -0.05) is 23.7 Å². The Morgan fingerprint density at radius 2 is 2.23 bits per heavy atom. The second-order valence-electron chi connectivity index (χ2n) is 3.13. The number of carbonyl (C=O) groups excluding carboxylic acids is 1. The molecule has 70 valence electrons. The molecule has 0 spiro atoms. The highest BCUT2D eigenvalue weighted by molar-refractivity contribution is 6.30. The van der Waals surface area contributed by atoms with Crippen LogP contribution in [0.5, 0.6) is 0 Å². The van der Waals surface area contributed by atoms with Crippen LogP contribution < -0.4 is 10.8 Å². The largest absolute Gasteiger partial charge is 0.543 e. The summed E-state index contributed by atoms with van der Waals surface area (Å²) in [5.41, 5.74) is 2.86. The predicted molar refractivity (Wildman–Crippen MR) is 46.7 cm³/mol. The van der Waals surface area contributed by atoms with Crippen LogP contribution in [-0.4, -0.2) is 5.97 Å². The third-order valence-electron chi connectivity index (χ3n) is 1.91. The summed E-state index contributed by atoms with van der Waals surface area (Å²) in [5.74, 6) is -1.21. The molecule has 0 radical (unpaired) electrons. The summed E-state index contributed by atoms with van der Waals surface area (Å²) in [6, 6.07) is 6.60. The number of rotatable bonds is 2. The lowest BCUT2D eigenvalue weighted by Gasteiger charge is -2.22. The maximum absolute atomic E-state index is 10.7. The molecule has 0 fully saturated rings. The molecule has 3 N–H and O–H groups in total. The van der Waals surface area contributed by atoms with Crippen molar-refractivity contribution >= 4 is 17.6 Å². The molecule has 1 rings (SSSR count). The Balaban J connectivity index is 3.14. The molecule has 4 heteroatoms. The van der Waals surface area contributed by atoms with Gasteiger partial charge in [-0.05, 0) is 12.1 Å². The van der Waals surface area contributed by atoms with E-state index in [9.17, 15) is 9.90 Å². The molecule has 3 nitrogen and oxygen atoms in total. The van der Waals surface area contributed by atoms with Crippen LogP contribution in [0.25, 0.3) is 0 Å². The van der Waals surface area contributed by atoms with Crippen molar-refractivity contribution < 1.29 is 15.6 Å². The first-order chi connectivity index (χ1) is 5.94. The number of hydrogen-bond donors (Lipinski definition) is 1. The van der Waals surface area contributed by atoms with Crippen molar-refractivity contribution in [1.82, 2.24) is 0 Å². The van der Waals surface area contributed by atoms with Crippen LogP contribution in [0.3, 0.4) is 0 Å². The van der Waals surface area contributed by atoms with Crippen LogP contribution in [0.15, 0.2) is 24.3 Å². The molecule has 0 heterocycles. The van der Waals surface area contributed by atoms with Crippen LogP contribution in [0, 0.1) is 0 Å². The third kappa shape index (κ3) is 1.99. The average Bonchev–Trinajstić information content (AvgIpc) is 2.04. The summed E-state index contributed by atoms with van der Waals surface area (Å²) < 4.78 is 0. The van der Waals surface area contributed by atoms with Gasteiger partial charge in [-0.15, -0.1) is 0 Å². The first kappa shape index (κ1) is 10.0. The highest BCUT2D eigenvalue weighted by atomic mass is 35.5. The summed E-state index contributed by atoms with van der Waals surface area (Å²) in [6.45, 7) is 1.48. The summed E-state index contributed by atoms with van der Waals surface area (Å²) in [7, 11) is 0. The number of benzene rings is 1. The monoisotopic (exact) mass is 199 g/mol. The molecule has 1 aromatic carbocycles. The first-order valence-corrected chi connectivity index (χ1v) is 4.15. The minimum atomic E-state index is -1.25. The fourth-order valence-electron chi connectivity index (χ4n) is 0.950. The smallest absolute Gasteiger partial charge is 0.157 e. The number of quaternary nitrogens is 1. The van der Waals surface area contributed by atoms with E-state index in [2.05, 4.69) is 5.73 Å². The fraction of sp³-hybridized carbons (Fsp3) is 0.222. The Morgan fingerprint density at radius 3 is 2.69 bits per heavy atom. The fourth-order valence-corrected chi connectivity index (χ4v) is 1.14. The normalized spacial score (nSPS) is 15.0. The zero-order valence-corrected chi connectivity index (χ0v) is 7.97. The van der Waals surface area contributed by atoms with Crippen molar-refractivity contribution in [2.24, 2.45) is 0 Å². The maximum Gasteiger partial charge on any atom is 0.157 e. The molecule has 0 saturated carbocycles. The van der Waals surface area contributed by atoms with Crippen molar-refractivity contribution in [3.63, 3.8) is 0 Å². The van der Waals surface area contributed by atoms with E-state index in [0.29, 0.717) is 10.6 Å². The number of hydrogen-bond acceptors (Lipinski definition) is 2. The topological polar surface area (TPSA) is 67.8 Å². The minimum Gasteiger partial charge on any atom is -0.543 e. The number of carbonyl (C=O) groups is 1. The zero-order valence-electron chi connectivity index (χ0n) is 7.21. The Morgan fingerprint density at radius 1 is 1.62 bits per heavy atom. The van der Waals surface area contributed by atoms with Gasteiger partial charge in [0.1, 0.15) is 5.97 Å². The first-order valence-electron chi connectivity index (χ1n) is 3.77. The highest BCUT2D eigenvalue weighted by Crippen LogP contribution is 2.18. The summed E-state index contributed by atoms with van der Waals surface area (Å²) >= 11 is 5.71. The van der Waals surface area contributed by atoms with Crippen molar-refractivity contribution in [3.05, 3.63) is 34.9 Å². The molecule has 0 aliphatic heterocycles. The van der Waals surface area contributed by atoms with Gasteiger partial charge < -0.3 is 15.6 Å². The van der Waals surface area contributed by atoms with E-state index in [4.69, 9.17) is 11.6 Å². The van der Waals surface area contributed by atoms with Gasteiger partial charge in [0, 0.05) is 17.5 Å². The van der Waals surface area contributed by atoms with Gasteiger partial charge in [-0.2, -0.15) is 0 Å². The van der Waals surface area contributed by atoms with Crippen molar-refractivity contribution in [2.75, 3.05) is 0 Å². The highest BCUT2D eigenvalue weighted by Gasteiger charge is 2.27. The maximum atomic E-state index is 10.7. The van der Waals surface area contributed by atoms with E-state index < -0.39 is 11.5 Å². The second kappa shape index (κ2) is 3.36. The molecular weight excluding hydrogens is 190 g/mol. The molecule has 0 aliphatic rings. The predicted octanol–water partition coefficient (Wildman–Crippen LogP) is -0.453. The standard InChI is InChI=1S/C9H10ClNO2/c1-9(11,8(12)13)6-3-2-4-7(10)5-6/h2-5H,11H2,1H3,(H,12,13)/t9-/m1/s1. The van der Waals surface area contributed by atoms with Crippen molar-refractivity contribution in [2.45, 2.75) is 12.5 Å². The van der Waals surface area contributed by atoms with Gasteiger partial charge in [0.15, 0.2) is 5.54 Å². The Kier molecular flexibility index (Phi) is 2.59. The SMILES string of the molecule is C[C@]([NH3+])(C(=O)[O-])c1cccc(Cl)c1. The van der Waals surface area contributed by atoms with Gasteiger partial charge >= 0.3 is 0 Å². The van der Waals surface area contributed by atoms with E-state index in [1.807, 2.05) is 0 Å². The lowest BCUT2D eigenvalue weighted by molar-refractivity contribution is -0.489. The van der Waals surface area contributed by atoms with Crippen LogP contribution in [-0.2, 0) is 10.3 Å². The molecule has 0 amide bonds. The second-order valence-corrected chi connectivity index (χ2v) is 3.57. The molecule has 13 heavy (non-hydrogen) atoms. The lowest BCUT2D eigenvalue weighted by atomic mass is 9.94. The Hall–Kier alpha value is -1.06. The van der Waals surface area contributed by atoms with Gasteiger partial charge in [-0.3, -0.25) is 0 Å². The van der Waals surface area contributed by atoms with Gasteiger partial charge in [-0.25, -0.2) is 0 Å². The molecular formula is C9H10ClNO2. The number of carboxylic acid groups (broad SMARTS) is 1. The van der Waals surface area contributed by atoms with E-state index >= 15 is 0 Å². The molecule has 1 aromatic rings. The quantitative estimate of drug-likeness (QED) is 0.701. The van der Waals surface area contributed by atoms with Crippen LogP contribution >= 0.6 is 11.6 Å². The summed E-state index contributed by atoms with van der Waals surface area (Å²) in [6.07, 6.45) is 0. The molecule has 0 saturated heterocycles. The zero-order chi connectivity index (χ0) is 10.1. The van der Waals surface area contributed by atoms with Crippen molar-refractivity contribution in [3.8, 4) is 0 Å². The number of aliphatic carboxylic acids is 1. The van der Waals surface area contributed by atoms with Gasteiger partial charge in [0.2, 0.25) is 0 Å². The van der Waals surface area contributed by atoms with E-state index in [0.717, 1.165) is 0 Å². The van der Waals surface area contributed by atoms with E-state index in [1.54, 1.807) is 24.3 Å². The van der Waals surface area contributed by atoms with Gasteiger partial charge in [0.25, 0.3) is 0 Å². The molecule has 0 aliphatic carbocycles. The molecule has 0 bridgehead atoms. The Labute approximate surface area is 81.1 Å². The van der Waals surface area contributed by atoms with Gasteiger partial charge in [0.05, 0.1) is 0 Å². The summed E-state index contributed by atoms with van der Waals surface area (Å²) in [4.78, 5) is 10.7. The molecule has 1 atom stereocenters. The Bertz CT molecular complexity index is 336. The van der Waals surface area contributed by atoms with Crippen molar-refractivity contribution in [1.29, 1.82) is 0 Å².